The minimum atomic E-state index is -0.270. The molecule has 4 rings (SSSR count). The Labute approximate surface area is 170 Å². The smallest absolute Gasteiger partial charge is 0.286 e. The Morgan fingerprint density at radius 1 is 1.11 bits per heavy atom. The normalized spacial score (nSPS) is 10.8. The maximum absolute atomic E-state index is 12.4. The predicted molar refractivity (Wildman–Crippen MR) is 112 cm³/mol. The molecule has 0 atom stereocenters. The number of benzene rings is 2. The monoisotopic (exact) mass is 408 g/mol. The zero-order valence-electron chi connectivity index (χ0n) is 15.0. The van der Waals surface area contributed by atoms with Gasteiger partial charge < -0.3 is 10.1 Å². The molecule has 0 saturated heterocycles. The number of nitrogens with one attached hydrogen (secondary N) is 1. The molecule has 2 aromatic carbocycles. The number of para-hydroxylation sites is 1. The topological polar surface area (TPSA) is 77.0 Å². The van der Waals surface area contributed by atoms with Crippen LogP contribution in [-0.4, -0.2) is 28.2 Å². The van der Waals surface area contributed by atoms with Crippen molar-refractivity contribution in [1.82, 2.24) is 15.2 Å². The number of aromatic nitrogens is 3. The Bertz CT molecular complexity index is 1110. The lowest BCUT2D eigenvalue weighted by Crippen LogP contribution is -2.11. The number of anilines is 1. The molecule has 4 aromatic rings. The third-order valence-electron chi connectivity index (χ3n) is 3.97. The number of rotatable bonds is 6. The van der Waals surface area contributed by atoms with Crippen LogP contribution in [0.2, 0.25) is 0 Å². The second kappa shape index (κ2) is 8.37. The molecule has 8 heteroatoms. The minimum absolute atomic E-state index is 0.270. The average molecular weight is 409 g/mol. The van der Waals surface area contributed by atoms with Gasteiger partial charge in [-0.25, -0.2) is 0 Å². The summed E-state index contributed by atoms with van der Waals surface area (Å²) in [5, 5.41) is 13.2. The number of thioether (sulfide) groups is 1. The summed E-state index contributed by atoms with van der Waals surface area (Å²) < 4.78 is 5.11. The van der Waals surface area contributed by atoms with Crippen molar-refractivity contribution >= 4 is 45.6 Å². The Balaban J connectivity index is 1.41. The van der Waals surface area contributed by atoms with Crippen molar-refractivity contribution in [2.24, 2.45) is 0 Å². The third-order valence-corrected chi connectivity index (χ3v) is 6.16. The Morgan fingerprint density at radius 3 is 2.75 bits per heavy atom. The number of nitrogens with zero attached hydrogens (tertiary/aromatic N) is 3. The van der Waals surface area contributed by atoms with E-state index in [2.05, 4.69) is 26.6 Å². The standard InChI is InChI=1S/C20H16N4O2S2/c1-26-14-8-6-13(7-9-14)22-19(25)20-24-23-18(28-20)12-27-17-10-11-21-16-5-3-2-4-15(16)17/h2-11H,12H2,1H3,(H,22,25). The van der Waals surface area contributed by atoms with E-state index in [1.165, 1.54) is 11.3 Å². The van der Waals surface area contributed by atoms with Gasteiger partial charge in [0.2, 0.25) is 5.01 Å². The van der Waals surface area contributed by atoms with Crippen LogP contribution >= 0.6 is 23.1 Å². The first-order valence-corrected chi connectivity index (χ1v) is 10.3. The van der Waals surface area contributed by atoms with E-state index in [1.54, 1.807) is 49.3 Å². The van der Waals surface area contributed by atoms with E-state index in [9.17, 15) is 4.79 Å². The highest BCUT2D eigenvalue weighted by Gasteiger charge is 2.14. The molecule has 2 aromatic heterocycles. The minimum Gasteiger partial charge on any atom is -0.497 e. The van der Waals surface area contributed by atoms with Crippen LogP contribution in [0.1, 0.15) is 14.8 Å². The zero-order chi connectivity index (χ0) is 19.3. The fourth-order valence-electron chi connectivity index (χ4n) is 2.60. The van der Waals surface area contributed by atoms with Crippen molar-refractivity contribution in [3.63, 3.8) is 0 Å². The highest BCUT2D eigenvalue weighted by Crippen LogP contribution is 2.30. The summed E-state index contributed by atoms with van der Waals surface area (Å²) in [6, 6.07) is 17.2. The van der Waals surface area contributed by atoms with E-state index in [0.717, 1.165) is 26.6 Å². The van der Waals surface area contributed by atoms with E-state index in [4.69, 9.17) is 4.74 Å². The number of hydrogen-bond donors (Lipinski definition) is 1. The van der Waals surface area contributed by atoms with Crippen LogP contribution < -0.4 is 10.1 Å². The van der Waals surface area contributed by atoms with Crippen molar-refractivity contribution in [2.75, 3.05) is 12.4 Å². The maximum Gasteiger partial charge on any atom is 0.286 e. The summed E-state index contributed by atoms with van der Waals surface area (Å²) in [4.78, 5) is 17.9. The summed E-state index contributed by atoms with van der Waals surface area (Å²) in [5.74, 6) is 1.10. The van der Waals surface area contributed by atoms with Crippen molar-refractivity contribution < 1.29 is 9.53 Å². The van der Waals surface area contributed by atoms with Crippen LogP contribution in [0.15, 0.2) is 65.7 Å². The quantitative estimate of drug-likeness (QED) is 0.468. The predicted octanol–water partition coefficient (Wildman–Crippen LogP) is 4.64. The fraction of sp³-hybridized carbons (Fsp3) is 0.100. The van der Waals surface area contributed by atoms with Gasteiger partial charge in [0.1, 0.15) is 10.8 Å². The number of ether oxygens (including phenoxy) is 1. The fourth-order valence-corrected chi connectivity index (χ4v) is 4.36. The molecule has 140 valence electrons. The van der Waals surface area contributed by atoms with Gasteiger partial charge in [-0.3, -0.25) is 9.78 Å². The molecular formula is C20H16N4O2S2. The van der Waals surface area contributed by atoms with Gasteiger partial charge in [-0.2, -0.15) is 0 Å². The molecule has 6 nitrogen and oxygen atoms in total. The van der Waals surface area contributed by atoms with Crippen LogP contribution in [0.3, 0.4) is 0 Å². The van der Waals surface area contributed by atoms with Gasteiger partial charge in [-0.1, -0.05) is 29.5 Å². The Kier molecular flexibility index (Phi) is 5.50. The van der Waals surface area contributed by atoms with E-state index < -0.39 is 0 Å². The van der Waals surface area contributed by atoms with Crippen LogP contribution in [0.5, 0.6) is 5.75 Å². The lowest BCUT2D eigenvalue weighted by Gasteiger charge is -2.04. The molecule has 28 heavy (non-hydrogen) atoms. The summed E-state index contributed by atoms with van der Waals surface area (Å²) in [6.45, 7) is 0. The van der Waals surface area contributed by atoms with Crippen LogP contribution in [0.25, 0.3) is 10.9 Å². The van der Waals surface area contributed by atoms with E-state index >= 15 is 0 Å². The van der Waals surface area contributed by atoms with Crippen molar-refractivity contribution in [3.05, 3.63) is 70.8 Å². The Hall–Kier alpha value is -2.97. The summed E-state index contributed by atoms with van der Waals surface area (Å²) in [7, 11) is 1.60. The molecule has 2 heterocycles. The summed E-state index contributed by atoms with van der Waals surface area (Å²) >= 11 is 2.96. The highest BCUT2D eigenvalue weighted by molar-refractivity contribution is 7.98. The van der Waals surface area contributed by atoms with Gasteiger partial charge in [-0.05, 0) is 36.4 Å². The number of carbonyl (C=O) groups excluding carboxylic acids is 1. The second-order valence-electron chi connectivity index (χ2n) is 5.80. The SMILES string of the molecule is COc1ccc(NC(=O)c2nnc(CSc3ccnc4ccccc34)s2)cc1. The molecule has 0 unspecified atom stereocenters. The van der Waals surface area contributed by atoms with Crippen molar-refractivity contribution in [2.45, 2.75) is 10.6 Å². The molecule has 0 spiro atoms. The maximum atomic E-state index is 12.4. The van der Waals surface area contributed by atoms with Crippen LogP contribution in [-0.2, 0) is 5.75 Å². The number of methoxy groups -OCH3 is 1. The molecule has 0 saturated carbocycles. The molecule has 1 amide bonds. The van der Waals surface area contributed by atoms with Crippen LogP contribution in [0, 0.1) is 0 Å². The molecule has 0 aliphatic carbocycles. The summed E-state index contributed by atoms with van der Waals surface area (Å²) in [6.07, 6.45) is 1.80. The van der Waals surface area contributed by atoms with Gasteiger partial charge in [0, 0.05) is 22.2 Å². The Morgan fingerprint density at radius 2 is 1.93 bits per heavy atom. The van der Waals surface area contributed by atoms with Crippen molar-refractivity contribution in [3.8, 4) is 5.75 Å². The van der Waals surface area contributed by atoms with Crippen LogP contribution in [0.4, 0.5) is 5.69 Å². The van der Waals surface area contributed by atoms with E-state index in [-0.39, 0.29) is 5.91 Å². The first kappa shape index (κ1) is 18.4. The lowest BCUT2D eigenvalue weighted by atomic mass is 10.2. The van der Waals surface area contributed by atoms with Gasteiger partial charge in [0.05, 0.1) is 18.4 Å². The first-order valence-electron chi connectivity index (χ1n) is 8.47. The number of hydrogen-bond acceptors (Lipinski definition) is 7. The highest BCUT2D eigenvalue weighted by atomic mass is 32.2. The number of fused-ring (bicyclic) bond motifs is 1. The van der Waals surface area contributed by atoms with E-state index in [0.29, 0.717) is 16.4 Å². The molecule has 0 bridgehead atoms. The average Bonchev–Trinajstić information content (AvgIpc) is 3.22. The van der Waals surface area contributed by atoms with Crippen molar-refractivity contribution in [1.29, 1.82) is 0 Å². The number of amides is 1. The third kappa shape index (κ3) is 4.13. The molecule has 0 aliphatic rings. The van der Waals surface area contributed by atoms with Gasteiger partial charge in [-0.15, -0.1) is 22.0 Å². The van der Waals surface area contributed by atoms with Gasteiger partial charge in [0.15, 0.2) is 0 Å². The van der Waals surface area contributed by atoms with Gasteiger partial charge in [0.25, 0.3) is 5.91 Å². The number of carbonyl (C=O) groups is 1. The molecule has 1 N–H and O–H groups in total. The lowest BCUT2D eigenvalue weighted by molar-refractivity contribution is 0.102. The largest absolute Gasteiger partial charge is 0.497 e. The molecule has 0 fully saturated rings. The second-order valence-corrected chi connectivity index (χ2v) is 7.88. The molecule has 0 aliphatic heterocycles. The zero-order valence-corrected chi connectivity index (χ0v) is 16.6. The van der Waals surface area contributed by atoms with E-state index in [1.807, 2.05) is 24.3 Å². The first-order chi connectivity index (χ1) is 13.7. The molecule has 0 radical (unpaired) electrons. The van der Waals surface area contributed by atoms with Gasteiger partial charge >= 0.3 is 0 Å². The number of pyridine rings is 1. The molecular weight excluding hydrogens is 392 g/mol. The summed E-state index contributed by atoms with van der Waals surface area (Å²) in [5.41, 5.74) is 1.64.